The number of fused-ring (bicyclic) bond motifs is 1. The van der Waals surface area contributed by atoms with Gasteiger partial charge in [-0.3, -0.25) is 9.89 Å². The van der Waals surface area contributed by atoms with E-state index in [1.165, 1.54) is 0 Å². The first kappa shape index (κ1) is 13.8. The van der Waals surface area contributed by atoms with Crippen LogP contribution in [0.15, 0.2) is 18.2 Å². The van der Waals surface area contributed by atoms with E-state index in [9.17, 15) is 4.79 Å². The van der Waals surface area contributed by atoms with Crippen LogP contribution < -0.4 is 0 Å². The largest absolute Gasteiger partial charge is 0.337 e. The molecule has 1 aromatic carbocycles. The molecule has 1 amide bonds. The molecule has 2 aromatic rings. The molecule has 0 unspecified atom stereocenters. The predicted octanol–water partition coefficient (Wildman–Crippen LogP) is 1.94. The number of nitrogens with one attached hydrogen (secondary N) is 1. The molecule has 3 rings (SSSR count). The van der Waals surface area contributed by atoms with Gasteiger partial charge in [-0.2, -0.15) is 5.10 Å². The van der Waals surface area contributed by atoms with Crippen LogP contribution >= 0.6 is 22.6 Å². The number of aromatic amines is 1. The Morgan fingerprint density at radius 3 is 3.00 bits per heavy atom. The standard InChI is InChI=1S/C14H17IN4O/c1-18(2)10-5-6-19(8-10)14(20)9-3-4-12-11(7-9)13(15)17-16-12/h3-4,7,10H,5-6,8H2,1-2H3,(H,16,17)/t10-/m1/s1. The van der Waals surface area contributed by atoms with Gasteiger partial charge in [0.05, 0.1) is 5.52 Å². The summed E-state index contributed by atoms with van der Waals surface area (Å²) < 4.78 is 0.972. The Balaban J connectivity index is 1.84. The van der Waals surface area contributed by atoms with Gasteiger partial charge in [0, 0.05) is 30.1 Å². The summed E-state index contributed by atoms with van der Waals surface area (Å²) in [6.45, 7) is 1.65. The summed E-state index contributed by atoms with van der Waals surface area (Å²) in [6, 6.07) is 6.17. The zero-order chi connectivity index (χ0) is 14.3. The van der Waals surface area contributed by atoms with E-state index < -0.39 is 0 Å². The average Bonchev–Trinajstić information content (AvgIpc) is 3.05. The van der Waals surface area contributed by atoms with Gasteiger partial charge in [-0.05, 0) is 61.3 Å². The van der Waals surface area contributed by atoms with E-state index in [0.717, 1.165) is 39.7 Å². The lowest BCUT2D eigenvalue weighted by Crippen LogP contribution is -2.34. The lowest BCUT2D eigenvalue weighted by atomic mass is 10.1. The Morgan fingerprint density at radius 2 is 2.30 bits per heavy atom. The van der Waals surface area contributed by atoms with Crippen molar-refractivity contribution in [1.29, 1.82) is 0 Å². The smallest absolute Gasteiger partial charge is 0.253 e. The molecule has 20 heavy (non-hydrogen) atoms. The number of hydrogen-bond acceptors (Lipinski definition) is 3. The fourth-order valence-corrected chi connectivity index (χ4v) is 3.19. The number of likely N-dealkylation sites (N-methyl/N-ethyl adjacent to an activating group) is 1. The molecule has 1 aromatic heterocycles. The van der Waals surface area contributed by atoms with Crippen LogP contribution in [-0.4, -0.2) is 59.1 Å². The number of nitrogens with zero attached hydrogens (tertiary/aromatic N) is 3. The van der Waals surface area contributed by atoms with E-state index >= 15 is 0 Å². The normalized spacial score (nSPS) is 19.2. The Morgan fingerprint density at radius 1 is 1.50 bits per heavy atom. The summed E-state index contributed by atoms with van der Waals surface area (Å²) in [5, 5.41) is 8.14. The number of aromatic nitrogens is 2. The van der Waals surface area contributed by atoms with E-state index in [1.54, 1.807) is 0 Å². The van der Waals surface area contributed by atoms with Crippen molar-refractivity contribution in [2.75, 3.05) is 27.2 Å². The fourth-order valence-electron chi connectivity index (χ4n) is 2.64. The molecule has 1 N–H and O–H groups in total. The molecule has 1 aliphatic heterocycles. The van der Waals surface area contributed by atoms with Crippen LogP contribution in [0.5, 0.6) is 0 Å². The zero-order valence-corrected chi connectivity index (χ0v) is 13.7. The number of carbonyl (C=O) groups is 1. The summed E-state index contributed by atoms with van der Waals surface area (Å²) in [7, 11) is 4.14. The van der Waals surface area contributed by atoms with Crippen LogP contribution in [0.25, 0.3) is 10.9 Å². The predicted molar refractivity (Wildman–Crippen MR) is 86.8 cm³/mol. The third-order valence-corrected chi connectivity index (χ3v) is 4.76. The van der Waals surface area contributed by atoms with Crippen LogP contribution in [0.3, 0.4) is 0 Å². The molecule has 0 radical (unpaired) electrons. The SMILES string of the molecule is CN(C)[C@@H]1CCN(C(=O)c2ccc3n[nH]c(I)c3c2)C1. The van der Waals surface area contributed by atoms with Gasteiger partial charge in [0.15, 0.2) is 0 Å². The molecule has 5 nitrogen and oxygen atoms in total. The number of H-pyrrole nitrogens is 1. The quantitative estimate of drug-likeness (QED) is 0.806. The monoisotopic (exact) mass is 384 g/mol. The lowest BCUT2D eigenvalue weighted by Gasteiger charge is -2.20. The average molecular weight is 384 g/mol. The first-order valence-electron chi connectivity index (χ1n) is 6.65. The molecule has 6 heteroatoms. The summed E-state index contributed by atoms with van der Waals surface area (Å²) >= 11 is 2.20. The van der Waals surface area contributed by atoms with Crippen molar-refractivity contribution in [3.63, 3.8) is 0 Å². The molecular weight excluding hydrogens is 367 g/mol. The van der Waals surface area contributed by atoms with E-state index in [2.05, 4.69) is 51.8 Å². The number of likely N-dealkylation sites (tertiary alicyclic amines) is 1. The highest BCUT2D eigenvalue weighted by Crippen LogP contribution is 2.22. The second-order valence-corrected chi connectivity index (χ2v) is 6.51. The first-order valence-corrected chi connectivity index (χ1v) is 7.73. The molecule has 0 aliphatic carbocycles. The molecule has 0 bridgehead atoms. The van der Waals surface area contributed by atoms with E-state index in [1.807, 2.05) is 23.1 Å². The van der Waals surface area contributed by atoms with E-state index in [4.69, 9.17) is 0 Å². The molecule has 1 atom stereocenters. The van der Waals surface area contributed by atoms with Crippen LogP contribution in [-0.2, 0) is 0 Å². The topological polar surface area (TPSA) is 52.2 Å². The molecule has 1 fully saturated rings. The Labute approximate surface area is 131 Å². The Hall–Kier alpha value is -1.15. The van der Waals surface area contributed by atoms with Crippen molar-refractivity contribution in [3.8, 4) is 0 Å². The second-order valence-electron chi connectivity index (χ2n) is 5.43. The van der Waals surface area contributed by atoms with Gasteiger partial charge in [0.2, 0.25) is 0 Å². The third kappa shape index (κ3) is 2.42. The van der Waals surface area contributed by atoms with Crippen LogP contribution in [0.4, 0.5) is 0 Å². The van der Waals surface area contributed by atoms with Gasteiger partial charge in [0.25, 0.3) is 5.91 Å². The Bertz CT molecular complexity index is 652. The lowest BCUT2D eigenvalue weighted by molar-refractivity contribution is 0.0783. The molecule has 2 heterocycles. The number of carbonyl (C=O) groups excluding carboxylic acids is 1. The zero-order valence-electron chi connectivity index (χ0n) is 11.6. The van der Waals surface area contributed by atoms with Crippen LogP contribution in [0.1, 0.15) is 16.8 Å². The van der Waals surface area contributed by atoms with Crippen LogP contribution in [0, 0.1) is 3.70 Å². The highest BCUT2D eigenvalue weighted by molar-refractivity contribution is 14.1. The van der Waals surface area contributed by atoms with Crippen molar-refractivity contribution < 1.29 is 4.79 Å². The molecule has 1 saturated heterocycles. The van der Waals surface area contributed by atoms with Crippen molar-refractivity contribution in [2.24, 2.45) is 0 Å². The maximum atomic E-state index is 12.6. The van der Waals surface area contributed by atoms with Gasteiger partial charge in [0.1, 0.15) is 3.70 Å². The van der Waals surface area contributed by atoms with Gasteiger partial charge >= 0.3 is 0 Å². The molecule has 106 valence electrons. The number of halogens is 1. The third-order valence-electron chi connectivity index (χ3n) is 3.94. The van der Waals surface area contributed by atoms with Crippen molar-refractivity contribution in [2.45, 2.75) is 12.5 Å². The van der Waals surface area contributed by atoms with Gasteiger partial charge in [-0.15, -0.1) is 0 Å². The van der Waals surface area contributed by atoms with Gasteiger partial charge in [-0.1, -0.05) is 0 Å². The highest BCUT2D eigenvalue weighted by Gasteiger charge is 2.28. The minimum absolute atomic E-state index is 0.119. The maximum Gasteiger partial charge on any atom is 0.253 e. The van der Waals surface area contributed by atoms with Crippen LogP contribution in [0.2, 0.25) is 0 Å². The Kier molecular flexibility index (Phi) is 3.68. The number of hydrogen-bond donors (Lipinski definition) is 1. The number of benzene rings is 1. The molecule has 1 aliphatic rings. The molecule has 0 spiro atoms. The summed E-state index contributed by atoms with van der Waals surface area (Å²) in [5.41, 5.74) is 1.65. The summed E-state index contributed by atoms with van der Waals surface area (Å²) in [6.07, 6.45) is 1.05. The highest BCUT2D eigenvalue weighted by atomic mass is 127. The number of amides is 1. The number of rotatable bonds is 2. The molecule has 0 saturated carbocycles. The van der Waals surface area contributed by atoms with E-state index in [0.29, 0.717) is 6.04 Å². The minimum atomic E-state index is 0.119. The van der Waals surface area contributed by atoms with E-state index in [-0.39, 0.29) is 5.91 Å². The van der Waals surface area contributed by atoms with Gasteiger partial charge < -0.3 is 9.80 Å². The van der Waals surface area contributed by atoms with Crippen molar-refractivity contribution >= 4 is 39.4 Å². The molecular formula is C14H17IN4O. The first-order chi connectivity index (χ1) is 9.56. The second kappa shape index (κ2) is 5.33. The summed E-state index contributed by atoms with van der Waals surface area (Å²) in [4.78, 5) is 16.7. The van der Waals surface area contributed by atoms with Gasteiger partial charge in [-0.25, -0.2) is 0 Å². The minimum Gasteiger partial charge on any atom is -0.337 e. The fraction of sp³-hybridized carbons (Fsp3) is 0.429. The van der Waals surface area contributed by atoms with Crippen molar-refractivity contribution in [3.05, 3.63) is 27.5 Å². The van der Waals surface area contributed by atoms with Crippen molar-refractivity contribution in [1.82, 2.24) is 20.0 Å². The summed E-state index contributed by atoms with van der Waals surface area (Å²) in [5.74, 6) is 0.119. The maximum absolute atomic E-state index is 12.6.